The summed E-state index contributed by atoms with van der Waals surface area (Å²) in [5.41, 5.74) is 6.31. The fourth-order valence-corrected chi connectivity index (χ4v) is 7.39. The molecule has 0 bridgehead atoms. The smallest absolute Gasteiger partial charge is 0.407 e. The minimum absolute atomic E-state index is 0.0419. The van der Waals surface area contributed by atoms with Crippen LogP contribution >= 0.6 is 11.6 Å². The number of urea groups is 1. The van der Waals surface area contributed by atoms with Crippen molar-refractivity contribution in [3.8, 4) is 0 Å². The Balaban J connectivity index is 1.51. The fraction of sp³-hybridized carbons (Fsp3) is 0.512. The minimum Gasteiger partial charge on any atom is -0.449 e. The number of halogens is 1. The predicted octanol–water partition coefficient (Wildman–Crippen LogP) is 3.08. The zero-order valence-electron chi connectivity index (χ0n) is 33.6. The lowest BCUT2D eigenvalue weighted by molar-refractivity contribution is -0.143. The van der Waals surface area contributed by atoms with Crippen LogP contribution in [0.15, 0.2) is 54.6 Å². The number of alkyl carbamates (subject to hydrolysis) is 1. The SMILES string of the molecule is CCCC(NC(=O)[C@@H]1C[C@@H](NC(=O)Nc2cccc(Cl)c2)CN1C(=O)[C@@H](NC(=O)OCC(C)C)C1CCCCC1)C(=O)C(=O)NCC(=O)N[C@H](C(N)=O)c1ccccc1. The van der Waals surface area contributed by atoms with Crippen molar-refractivity contribution in [1.29, 1.82) is 0 Å². The Labute approximate surface area is 348 Å². The van der Waals surface area contributed by atoms with E-state index in [1.54, 1.807) is 61.5 Å². The lowest BCUT2D eigenvalue weighted by Gasteiger charge is -2.34. The van der Waals surface area contributed by atoms with Crippen LogP contribution in [0.4, 0.5) is 15.3 Å². The molecule has 8 N–H and O–H groups in total. The average Bonchev–Trinajstić information content (AvgIpc) is 3.63. The highest BCUT2D eigenvalue weighted by Gasteiger charge is 2.45. The summed E-state index contributed by atoms with van der Waals surface area (Å²) in [6, 6.07) is 8.60. The molecule has 0 spiro atoms. The summed E-state index contributed by atoms with van der Waals surface area (Å²) in [6.07, 6.45) is 3.57. The third-order valence-corrected chi connectivity index (χ3v) is 10.3. The van der Waals surface area contributed by atoms with E-state index in [0.29, 0.717) is 35.5 Å². The van der Waals surface area contributed by atoms with Crippen molar-refractivity contribution in [3.05, 3.63) is 65.2 Å². The zero-order chi connectivity index (χ0) is 43.1. The van der Waals surface area contributed by atoms with Gasteiger partial charge in [-0.05, 0) is 61.3 Å². The number of ether oxygens (including phenoxy) is 1. The highest BCUT2D eigenvalue weighted by atomic mass is 35.5. The highest BCUT2D eigenvalue weighted by Crippen LogP contribution is 2.30. The van der Waals surface area contributed by atoms with Crippen LogP contribution < -0.4 is 37.6 Å². The number of amides is 8. The number of ketones is 1. The molecule has 8 amide bonds. The van der Waals surface area contributed by atoms with E-state index in [-0.39, 0.29) is 37.8 Å². The number of carbonyl (C=O) groups is 8. The Morgan fingerprint density at radius 2 is 1.63 bits per heavy atom. The summed E-state index contributed by atoms with van der Waals surface area (Å²) < 4.78 is 5.37. The first kappa shape index (κ1) is 46.0. The molecule has 0 radical (unpaired) electrons. The van der Waals surface area contributed by atoms with Crippen molar-refractivity contribution in [2.45, 2.75) is 102 Å². The van der Waals surface area contributed by atoms with E-state index >= 15 is 0 Å². The third kappa shape index (κ3) is 14.0. The van der Waals surface area contributed by atoms with Crippen LogP contribution in [0.1, 0.15) is 83.7 Å². The molecule has 18 heteroatoms. The second-order valence-corrected chi connectivity index (χ2v) is 15.7. The Bertz CT molecular complexity index is 1820. The largest absolute Gasteiger partial charge is 0.449 e. The lowest BCUT2D eigenvalue weighted by Crippen LogP contribution is -2.58. The number of hydrogen-bond donors (Lipinski definition) is 7. The average molecular weight is 839 g/mol. The molecular weight excluding hydrogens is 784 g/mol. The van der Waals surface area contributed by atoms with Crippen LogP contribution in [-0.2, 0) is 33.5 Å². The van der Waals surface area contributed by atoms with E-state index in [1.807, 2.05) is 13.8 Å². The molecule has 1 heterocycles. The fourth-order valence-electron chi connectivity index (χ4n) is 7.20. The van der Waals surface area contributed by atoms with Crippen molar-refractivity contribution in [3.63, 3.8) is 0 Å². The van der Waals surface area contributed by atoms with Crippen molar-refractivity contribution in [2.24, 2.45) is 17.6 Å². The molecule has 4 rings (SSSR count). The van der Waals surface area contributed by atoms with Crippen LogP contribution in [0.2, 0.25) is 5.02 Å². The van der Waals surface area contributed by atoms with Crippen molar-refractivity contribution in [1.82, 2.24) is 31.5 Å². The summed E-state index contributed by atoms with van der Waals surface area (Å²) in [7, 11) is 0. The molecule has 59 heavy (non-hydrogen) atoms. The van der Waals surface area contributed by atoms with E-state index in [1.165, 1.54) is 4.90 Å². The van der Waals surface area contributed by atoms with Gasteiger partial charge in [0.25, 0.3) is 5.91 Å². The van der Waals surface area contributed by atoms with Gasteiger partial charge in [-0.25, -0.2) is 9.59 Å². The second kappa shape index (κ2) is 22.4. The zero-order valence-corrected chi connectivity index (χ0v) is 34.3. The predicted molar refractivity (Wildman–Crippen MR) is 219 cm³/mol. The van der Waals surface area contributed by atoms with Crippen molar-refractivity contribution in [2.75, 3.05) is 25.0 Å². The summed E-state index contributed by atoms with van der Waals surface area (Å²) in [6.45, 7) is 4.86. The summed E-state index contributed by atoms with van der Waals surface area (Å²) in [4.78, 5) is 107. The lowest BCUT2D eigenvalue weighted by atomic mass is 9.83. The maximum Gasteiger partial charge on any atom is 0.407 e. The maximum atomic E-state index is 14.5. The first-order valence-corrected chi connectivity index (χ1v) is 20.4. The Kier molecular flexibility index (Phi) is 17.5. The first-order chi connectivity index (χ1) is 28.2. The van der Waals surface area contributed by atoms with Gasteiger partial charge in [-0.3, -0.25) is 28.8 Å². The number of rotatable bonds is 18. The number of carbonyl (C=O) groups excluding carboxylic acids is 8. The van der Waals surface area contributed by atoms with Gasteiger partial charge in [0, 0.05) is 17.3 Å². The molecular formula is C41H55ClN8O9. The molecule has 2 fully saturated rings. The molecule has 2 aromatic carbocycles. The highest BCUT2D eigenvalue weighted by molar-refractivity contribution is 6.38. The number of nitrogens with one attached hydrogen (secondary N) is 6. The number of nitrogens with zero attached hydrogens (tertiary/aromatic N) is 1. The second-order valence-electron chi connectivity index (χ2n) is 15.3. The number of nitrogens with two attached hydrogens (primary N) is 1. The van der Waals surface area contributed by atoms with Crippen LogP contribution in [0.25, 0.3) is 0 Å². The van der Waals surface area contributed by atoms with Gasteiger partial charge in [0.1, 0.15) is 18.1 Å². The van der Waals surface area contributed by atoms with Crippen molar-refractivity contribution >= 4 is 64.7 Å². The first-order valence-electron chi connectivity index (χ1n) is 20.0. The van der Waals surface area contributed by atoms with Gasteiger partial charge in [0.05, 0.1) is 25.2 Å². The number of hydrogen-bond acceptors (Lipinski definition) is 9. The quantitative estimate of drug-likeness (QED) is 0.109. The summed E-state index contributed by atoms with van der Waals surface area (Å²) in [5, 5.41) is 16.0. The molecule has 0 aromatic heterocycles. The molecule has 1 saturated heterocycles. The normalized spacial score (nSPS) is 18.1. The van der Waals surface area contributed by atoms with E-state index in [9.17, 15) is 38.4 Å². The summed E-state index contributed by atoms with van der Waals surface area (Å²) >= 11 is 6.08. The van der Waals surface area contributed by atoms with Crippen molar-refractivity contribution < 1.29 is 43.1 Å². The van der Waals surface area contributed by atoms with Crippen LogP contribution in [0, 0.1) is 11.8 Å². The monoisotopic (exact) mass is 838 g/mol. The Morgan fingerprint density at radius 3 is 2.27 bits per heavy atom. The van der Waals surface area contributed by atoms with Crippen LogP contribution in [-0.4, -0.2) is 96.2 Å². The van der Waals surface area contributed by atoms with Gasteiger partial charge < -0.3 is 47.3 Å². The van der Waals surface area contributed by atoms with E-state index in [2.05, 4.69) is 31.9 Å². The minimum atomic E-state index is -1.34. The van der Waals surface area contributed by atoms with Gasteiger partial charge in [0.15, 0.2) is 0 Å². The number of Topliss-reactive ketones (excluding diaryl/α,β-unsaturated/α-hetero) is 1. The van der Waals surface area contributed by atoms with E-state index in [0.717, 1.165) is 19.3 Å². The number of anilines is 1. The topological polar surface area (TPSA) is 247 Å². The molecule has 1 aliphatic heterocycles. The molecule has 2 aliphatic rings. The van der Waals surface area contributed by atoms with Gasteiger partial charge in [-0.2, -0.15) is 0 Å². The Hall–Kier alpha value is -5.71. The maximum absolute atomic E-state index is 14.5. The Morgan fingerprint density at radius 1 is 0.915 bits per heavy atom. The van der Waals surface area contributed by atoms with Gasteiger partial charge in [-0.1, -0.05) is 94.5 Å². The number of likely N-dealkylation sites (tertiary alicyclic amines) is 1. The summed E-state index contributed by atoms with van der Waals surface area (Å²) in [5.74, 6) is -5.32. The van der Waals surface area contributed by atoms with Gasteiger partial charge in [-0.15, -0.1) is 0 Å². The third-order valence-electron chi connectivity index (χ3n) is 10.1. The molecule has 17 nitrogen and oxygen atoms in total. The van der Waals surface area contributed by atoms with Crippen LogP contribution in [0.3, 0.4) is 0 Å². The molecule has 1 unspecified atom stereocenters. The molecule has 2 aromatic rings. The molecule has 5 atom stereocenters. The number of primary amides is 1. The van der Waals surface area contributed by atoms with Crippen LogP contribution in [0.5, 0.6) is 0 Å². The molecule has 320 valence electrons. The van der Waals surface area contributed by atoms with E-state index < -0.39 is 84.2 Å². The van der Waals surface area contributed by atoms with E-state index in [4.69, 9.17) is 22.1 Å². The van der Waals surface area contributed by atoms with Gasteiger partial charge in [0.2, 0.25) is 29.4 Å². The van der Waals surface area contributed by atoms with Gasteiger partial charge >= 0.3 is 12.1 Å². The number of benzene rings is 2. The molecule has 1 aliphatic carbocycles. The standard InChI is InChI=1S/C41H55ClN8O9/c1-4-12-30(35(52)38(55)44-21-32(51)48-33(36(43)53)25-13-7-5-8-14-25)47-37(54)31-20-29(46-40(57)45-28-18-11-17-27(42)19-28)22-50(31)39(56)34(26-15-9-6-10-16-26)49-41(58)59-23-24(2)3/h5,7-8,11,13-14,17-19,24,26,29-31,33-34H,4,6,9-10,12,15-16,20-23H2,1-3H3,(H2,43,53)(H,44,55)(H,47,54)(H,48,51)(H,49,58)(H2,45,46,57)/t29-,30?,31+,33+,34+/m1/s1. The molecule has 1 saturated carbocycles.